The number of fused-ring (bicyclic) bond motifs is 1. The van der Waals surface area contributed by atoms with Gasteiger partial charge in [-0.25, -0.2) is 4.98 Å². The Kier molecular flexibility index (Phi) is 2.67. The molecule has 2 aromatic heterocycles. The SMILES string of the molecule is Cc1occc1CN(C)c1nc2ccc(N)cc2[nH]1. The van der Waals surface area contributed by atoms with Gasteiger partial charge >= 0.3 is 0 Å². The molecule has 0 spiro atoms. The van der Waals surface area contributed by atoms with Gasteiger partial charge < -0.3 is 20.0 Å². The number of nitrogens with one attached hydrogen (secondary N) is 1. The second-order valence-corrected chi connectivity index (χ2v) is 4.70. The molecule has 3 N–H and O–H groups in total. The van der Waals surface area contributed by atoms with Gasteiger partial charge in [0.05, 0.1) is 17.3 Å². The van der Waals surface area contributed by atoms with Crippen molar-refractivity contribution in [3.05, 3.63) is 41.9 Å². The lowest BCUT2D eigenvalue weighted by molar-refractivity contribution is 0.529. The third-order valence-corrected chi connectivity index (χ3v) is 3.23. The fourth-order valence-electron chi connectivity index (χ4n) is 2.10. The Morgan fingerprint density at radius 1 is 1.37 bits per heavy atom. The van der Waals surface area contributed by atoms with E-state index in [0.717, 1.165) is 40.5 Å². The number of aryl methyl sites for hydroxylation is 1. The Labute approximate surface area is 111 Å². The van der Waals surface area contributed by atoms with Crippen LogP contribution in [0.15, 0.2) is 34.9 Å². The van der Waals surface area contributed by atoms with Crippen molar-refractivity contribution in [2.24, 2.45) is 0 Å². The molecule has 5 heteroatoms. The Bertz CT molecular complexity index is 713. The van der Waals surface area contributed by atoms with Gasteiger partial charge in [0.2, 0.25) is 5.95 Å². The van der Waals surface area contributed by atoms with E-state index in [1.807, 2.05) is 43.1 Å². The number of nitrogens with zero attached hydrogens (tertiary/aromatic N) is 2. The van der Waals surface area contributed by atoms with Gasteiger partial charge in [-0.2, -0.15) is 0 Å². The topological polar surface area (TPSA) is 71.1 Å². The van der Waals surface area contributed by atoms with Crippen LogP contribution in [0, 0.1) is 6.92 Å². The maximum atomic E-state index is 5.76. The van der Waals surface area contributed by atoms with Crippen molar-refractivity contribution in [2.45, 2.75) is 13.5 Å². The van der Waals surface area contributed by atoms with Crippen molar-refractivity contribution in [2.75, 3.05) is 17.7 Å². The summed E-state index contributed by atoms with van der Waals surface area (Å²) < 4.78 is 5.30. The maximum absolute atomic E-state index is 5.76. The van der Waals surface area contributed by atoms with E-state index < -0.39 is 0 Å². The molecule has 2 heterocycles. The first-order valence-electron chi connectivity index (χ1n) is 6.13. The molecule has 0 saturated carbocycles. The maximum Gasteiger partial charge on any atom is 0.203 e. The van der Waals surface area contributed by atoms with E-state index in [9.17, 15) is 0 Å². The lowest BCUT2D eigenvalue weighted by Gasteiger charge is -2.14. The number of hydrogen-bond donors (Lipinski definition) is 2. The number of nitrogen functional groups attached to an aromatic ring is 1. The highest BCUT2D eigenvalue weighted by atomic mass is 16.3. The average Bonchev–Trinajstić information content (AvgIpc) is 2.96. The highest BCUT2D eigenvalue weighted by molar-refractivity contribution is 5.80. The van der Waals surface area contributed by atoms with Crippen LogP contribution in [-0.2, 0) is 6.54 Å². The molecule has 0 saturated heterocycles. The summed E-state index contributed by atoms with van der Waals surface area (Å²) in [6.07, 6.45) is 1.71. The summed E-state index contributed by atoms with van der Waals surface area (Å²) in [5.74, 6) is 1.76. The van der Waals surface area contributed by atoms with Crippen molar-refractivity contribution in [3.8, 4) is 0 Å². The summed E-state index contributed by atoms with van der Waals surface area (Å²) in [5.41, 5.74) is 9.52. The molecular formula is C14H16N4O. The molecule has 1 aromatic carbocycles. The highest BCUT2D eigenvalue weighted by Gasteiger charge is 2.10. The number of furan rings is 1. The number of anilines is 2. The van der Waals surface area contributed by atoms with Gasteiger partial charge in [-0.3, -0.25) is 0 Å². The zero-order valence-electron chi connectivity index (χ0n) is 11.0. The van der Waals surface area contributed by atoms with E-state index in [4.69, 9.17) is 10.2 Å². The zero-order valence-corrected chi connectivity index (χ0v) is 11.0. The van der Waals surface area contributed by atoms with Crippen LogP contribution in [0.4, 0.5) is 11.6 Å². The first kappa shape index (κ1) is 11.6. The molecule has 0 aliphatic heterocycles. The summed E-state index contributed by atoms with van der Waals surface area (Å²) in [7, 11) is 1.99. The quantitative estimate of drug-likeness (QED) is 0.707. The van der Waals surface area contributed by atoms with Crippen molar-refractivity contribution < 1.29 is 4.42 Å². The van der Waals surface area contributed by atoms with Crippen molar-refractivity contribution in [1.82, 2.24) is 9.97 Å². The third-order valence-electron chi connectivity index (χ3n) is 3.23. The predicted octanol–water partition coefficient (Wildman–Crippen LogP) is 2.68. The first-order chi connectivity index (χ1) is 9.13. The molecular weight excluding hydrogens is 240 g/mol. The number of hydrogen-bond acceptors (Lipinski definition) is 4. The van der Waals surface area contributed by atoms with Gasteiger partial charge in [0.25, 0.3) is 0 Å². The summed E-state index contributed by atoms with van der Waals surface area (Å²) in [4.78, 5) is 9.87. The van der Waals surface area contributed by atoms with Gasteiger partial charge in [-0.05, 0) is 31.2 Å². The van der Waals surface area contributed by atoms with Crippen LogP contribution in [-0.4, -0.2) is 17.0 Å². The molecule has 0 unspecified atom stereocenters. The number of rotatable bonds is 3. The fraction of sp³-hybridized carbons (Fsp3) is 0.214. The molecule has 5 nitrogen and oxygen atoms in total. The normalized spacial score (nSPS) is 11.1. The molecule has 0 amide bonds. The fourth-order valence-corrected chi connectivity index (χ4v) is 2.10. The largest absolute Gasteiger partial charge is 0.469 e. The minimum Gasteiger partial charge on any atom is -0.469 e. The molecule has 98 valence electrons. The molecule has 0 aliphatic rings. The second-order valence-electron chi connectivity index (χ2n) is 4.70. The molecule has 0 fully saturated rings. The average molecular weight is 256 g/mol. The smallest absolute Gasteiger partial charge is 0.203 e. The summed E-state index contributed by atoms with van der Waals surface area (Å²) in [6, 6.07) is 7.64. The second kappa shape index (κ2) is 4.35. The first-order valence-corrected chi connectivity index (χ1v) is 6.13. The highest BCUT2D eigenvalue weighted by Crippen LogP contribution is 2.21. The summed E-state index contributed by atoms with van der Waals surface area (Å²) >= 11 is 0. The van der Waals surface area contributed by atoms with Gasteiger partial charge in [0.1, 0.15) is 5.76 Å². The van der Waals surface area contributed by atoms with Crippen LogP contribution in [0.3, 0.4) is 0 Å². The minimum absolute atomic E-state index is 0.732. The van der Waals surface area contributed by atoms with Gasteiger partial charge in [-0.1, -0.05) is 0 Å². The van der Waals surface area contributed by atoms with E-state index in [1.165, 1.54) is 0 Å². The van der Waals surface area contributed by atoms with Crippen LogP contribution in [0.2, 0.25) is 0 Å². The summed E-state index contributed by atoms with van der Waals surface area (Å²) in [5, 5.41) is 0. The van der Waals surface area contributed by atoms with E-state index in [2.05, 4.69) is 9.97 Å². The monoisotopic (exact) mass is 256 g/mol. The van der Waals surface area contributed by atoms with E-state index in [1.54, 1.807) is 6.26 Å². The molecule has 0 aliphatic carbocycles. The van der Waals surface area contributed by atoms with Crippen LogP contribution >= 0.6 is 0 Å². The third kappa shape index (κ3) is 2.14. The lowest BCUT2D eigenvalue weighted by Crippen LogP contribution is -2.17. The molecule has 19 heavy (non-hydrogen) atoms. The Morgan fingerprint density at radius 2 is 2.21 bits per heavy atom. The molecule has 3 aromatic rings. The predicted molar refractivity (Wildman–Crippen MR) is 76.1 cm³/mol. The van der Waals surface area contributed by atoms with Crippen molar-refractivity contribution in [1.29, 1.82) is 0 Å². The van der Waals surface area contributed by atoms with Crippen LogP contribution in [0.5, 0.6) is 0 Å². The van der Waals surface area contributed by atoms with Gasteiger partial charge in [-0.15, -0.1) is 0 Å². The van der Waals surface area contributed by atoms with Crippen LogP contribution < -0.4 is 10.6 Å². The lowest BCUT2D eigenvalue weighted by atomic mass is 10.2. The Balaban J connectivity index is 1.89. The molecule has 0 bridgehead atoms. The van der Waals surface area contributed by atoms with E-state index in [-0.39, 0.29) is 0 Å². The Hall–Kier alpha value is -2.43. The zero-order chi connectivity index (χ0) is 13.4. The number of nitrogens with two attached hydrogens (primary N) is 1. The van der Waals surface area contributed by atoms with Crippen molar-refractivity contribution >= 4 is 22.7 Å². The number of aromatic amines is 1. The number of benzene rings is 1. The number of H-pyrrole nitrogens is 1. The standard InChI is InChI=1S/C14H16N4O/c1-9-10(5-6-19-9)8-18(2)14-16-12-4-3-11(15)7-13(12)17-14/h3-7H,8,15H2,1-2H3,(H,16,17). The van der Waals surface area contributed by atoms with Crippen molar-refractivity contribution in [3.63, 3.8) is 0 Å². The molecule has 0 atom stereocenters. The molecule has 0 radical (unpaired) electrons. The van der Waals surface area contributed by atoms with E-state index in [0.29, 0.717) is 0 Å². The summed E-state index contributed by atoms with van der Waals surface area (Å²) in [6.45, 7) is 2.71. The molecule has 3 rings (SSSR count). The minimum atomic E-state index is 0.732. The van der Waals surface area contributed by atoms with Gasteiger partial charge in [0, 0.05) is 24.8 Å². The number of aromatic nitrogens is 2. The Morgan fingerprint density at radius 3 is 2.95 bits per heavy atom. The van der Waals surface area contributed by atoms with Crippen LogP contribution in [0.25, 0.3) is 11.0 Å². The van der Waals surface area contributed by atoms with Crippen LogP contribution in [0.1, 0.15) is 11.3 Å². The number of imidazole rings is 1. The van der Waals surface area contributed by atoms with E-state index >= 15 is 0 Å². The van der Waals surface area contributed by atoms with Gasteiger partial charge in [0.15, 0.2) is 0 Å².